The van der Waals surface area contributed by atoms with Crippen molar-refractivity contribution in [1.29, 1.82) is 0 Å². The zero-order chi connectivity index (χ0) is 16.0. The van der Waals surface area contributed by atoms with Gasteiger partial charge in [0.15, 0.2) is 0 Å². The first-order chi connectivity index (χ1) is 9.07. The fourth-order valence-corrected chi connectivity index (χ4v) is 1.88. The fourth-order valence-electron chi connectivity index (χ4n) is 1.88. The minimum Gasteiger partial charge on any atom is -0.358 e. The molecule has 0 saturated carbocycles. The van der Waals surface area contributed by atoms with Crippen LogP contribution in [0.15, 0.2) is 0 Å². The summed E-state index contributed by atoms with van der Waals surface area (Å²) in [4.78, 5) is 33.7. The molecule has 0 aliphatic heterocycles. The number of carbonyl (C=O) groups excluding carboxylic acids is 2. The van der Waals surface area contributed by atoms with Crippen LogP contribution in [0.5, 0.6) is 0 Å². The third-order valence-corrected chi connectivity index (χ3v) is 2.58. The summed E-state index contributed by atoms with van der Waals surface area (Å²) in [6.45, 7) is 15.1. The predicted molar refractivity (Wildman–Crippen MR) is 76.4 cm³/mol. The van der Waals surface area contributed by atoms with Crippen LogP contribution >= 0.6 is 0 Å². The van der Waals surface area contributed by atoms with Gasteiger partial charge in [-0.05, 0) is 55.4 Å². The SMILES string of the molecule is CC(C)N(OC(=O)C(=O)ON(C(C)C)C(C)C)C(C)C. The highest BCUT2D eigenvalue weighted by Gasteiger charge is 2.28. The molecule has 0 fully saturated rings. The van der Waals surface area contributed by atoms with E-state index in [1.807, 2.05) is 55.4 Å². The van der Waals surface area contributed by atoms with Crippen LogP contribution in [0.25, 0.3) is 0 Å². The lowest BCUT2D eigenvalue weighted by atomic mass is 10.3. The van der Waals surface area contributed by atoms with E-state index in [1.54, 1.807) is 0 Å². The van der Waals surface area contributed by atoms with Gasteiger partial charge in [-0.25, -0.2) is 9.59 Å². The van der Waals surface area contributed by atoms with Gasteiger partial charge in [-0.2, -0.15) is 0 Å². The van der Waals surface area contributed by atoms with Crippen LogP contribution < -0.4 is 0 Å². The average Bonchev–Trinajstić information content (AvgIpc) is 2.30. The summed E-state index contributed by atoms with van der Waals surface area (Å²) in [5.74, 6) is -2.00. The highest BCUT2D eigenvalue weighted by molar-refractivity contribution is 6.29. The quantitative estimate of drug-likeness (QED) is 0.551. The summed E-state index contributed by atoms with van der Waals surface area (Å²) >= 11 is 0. The number of carbonyl (C=O) groups is 2. The van der Waals surface area contributed by atoms with E-state index in [-0.39, 0.29) is 24.2 Å². The molecular formula is C14H28N2O4. The molecule has 0 bridgehead atoms. The Hall–Kier alpha value is -1.14. The summed E-state index contributed by atoms with van der Waals surface area (Å²) in [5.41, 5.74) is 0. The highest BCUT2D eigenvalue weighted by Crippen LogP contribution is 2.09. The smallest absolute Gasteiger partial charge is 0.358 e. The second-order valence-corrected chi connectivity index (χ2v) is 5.85. The third kappa shape index (κ3) is 5.88. The van der Waals surface area contributed by atoms with Crippen molar-refractivity contribution >= 4 is 11.9 Å². The lowest BCUT2D eigenvalue weighted by Gasteiger charge is -2.30. The summed E-state index contributed by atoms with van der Waals surface area (Å²) < 4.78 is 0. The standard InChI is InChI=1S/C14H28N2O4/c1-9(2)15(10(3)4)19-13(17)14(18)20-16(11(5)6)12(7)8/h9-12H,1-8H3. The first kappa shape index (κ1) is 18.9. The normalized spacial score (nSPS) is 12.1. The van der Waals surface area contributed by atoms with Crippen LogP contribution in [0.3, 0.4) is 0 Å². The van der Waals surface area contributed by atoms with Crippen molar-refractivity contribution in [1.82, 2.24) is 10.1 Å². The number of rotatable bonds is 6. The molecule has 0 unspecified atom stereocenters. The minimum absolute atomic E-state index is 0.0157. The van der Waals surface area contributed by atoms with Gasteiger partial charge >= 0.3 is 11.9 Å². The molecule has 0 amide bonds. The van der Waals surface area contributed by atoms with Gasteiger partial charge in [0.05, 0.1) is 0 Å². The second kappa shape index (κ2) is 8.21. The first-order valence-corrected chi connectivity index (χ1v) is 7.08. The Morgan fingerprint density at radius 3 is 0.950 bits per heavy atom. The molecule has 0 aromatic rings. The predicted octanol–water partition coefficient (Wildman–Crippen LogP) is 2.14. The molecule has 0 N–H and O–H groups in total. The van der Waals surface area contributed by atoms with Gasteiger partial charge < -0.3 is 9.68 Å². The van der Waals surface area contributed by atoms with Crippen LogP contribution in [-0.2, 0) is 19.3 Å². The summed E-state index contributed by atoms with van der Waals surface area (Å²) in [7, 11) is 0. The molecule has 0 atom stereocenters. The van der Waals surface area contributed by atoms with E-state index in [0.29, 0.717) is 0 Å². The highest BCUT2D eigenvalue weighted by atomic mass is 16.8. The average molecular weight is 288 g/mol. The Morgan fingerprint density at radius 1 is 0.600 bits per heavy atom. The Balaban J connectivity index is 4.66. The van der Waals surface area contributed by atoms with Crippen LogP contribution in [0.1, 0.15) is 55.4 Å². The van der Waals surface area contributed by atoms with Crippen molar-refractivity contribution in [3.8, 4) is 0 Å². The molecule has 6 heteroatoms. The van der Waals surface area contributed by atoms with Gasteiger partial charge in [0.1, 0.15) is 0 Å². The molecule has 0 aromatic heterocycles. The largest absolute Gasteiger partial charge is 0.438 e. The lowest BCUT2D eigenvalue weighted by Crippen LogP contribution is -2.44. The molecule has 6 nitrogen and oxygen atoms in total. The van der Waals surface area contributed by atoms with Gasteiger partial charge in [-0.3, -0.25) is 0 Å². The zero-order valence-electron chi connectivity index (χ0n) is 13.8. The second-order valence-electron chi connectivity index (χ2n) is 5.85. The zero-order valence-corrected chi connectivity index (χ0v) is 13.8. The molecule has 20 heavy (non-hydrogen) atoms. The van der Waals surface area contributed by atoms with E-state index in [1.165, 1.54) is 10.1 Å². The molecule has 118 valence electrons. The van der Waals surface area contributed by atoms with Crippen molar-refractivity contribution in [3.63, 3.8) is 0 Å². The van der Waals surface area contributed by atoms with E-state index in [4.69, 9.17) is 9.68 Å². The summed E-state index contributed by atoms with van der Waals surface area (Å²) in [6.07, 6.45) is 0. The summed E-state index contributed by atoms with van der Waals surface area (Å²) in [5, 5.41) is 2.94. The molecule has 0 aliphatic rings. The van der Waals surface area contributed by atoms with Gasteiger partial charge in [-0.15, -0.1) is 10.1 Å². The number of nitrogens with zero attached hydrogens (tertiary/aromatic N) is 2. The Bertz CT molecular complexity index is 279. The van der Waals surface area contributed by atoms with E-state index in [2.05, 4.69) is 0 Å². The molecule has 0 rings (SSSR count). The van der Waals surface area contributed by atoms with E-state index < -0.39 is 11.9 Å². The number of hydrogen-bond acceptors (Lipinski definition) is 6. The van der Waals surface area contributed by atoms with Crippen molar-refractivity contribution in [2.24, 2.45) is 0 Å². The third-order valence-electron chi connectivity index (χ3n) is 2.58. The molecular weight excluding hydrogens is 260 g/mol. The van der Waals surface area contributed by atoms with Crippen LogP contribution in [0, 0.1) is 0 Å². The van der Waals surface area contributed by atoms with Gasteiger partial charge in [-0.1, -0.05) is 0 Å². The minimum atomic E-state index is -1.00. The first-order valence-electron chi connectivity index (χ1n) is 7.08. The molecule has 0 aliphatic carbocycles. The molecule has 0 aromatic carbocycles. The van der Waals surface area contributed by atoms with E-state index in [9.17, 15) is 9.59 Å². The maximum Gasteiger partial charge on any atom is 0.438 e. The number of hydrogen-bond donors (Lipinski definition) is 0. The molecule has 0 heterocycles. The fraction of sp³-hybridized carbons (Fsp3) is 0.857. The Morgan fingerprint density at radius 2 is 0.800 bits per heavy atom. The van der Waals surface area contributed by atoms with Crippen LogP contribution in [0.2, 0.25) is 0 Å². The van der Waals surface area contributed by atoms with E-state index >= 15 is 0 Å². The van der Waals surface area contributed by atoms with Crippen LogP contribution in [0.4, 0.5) is 0 Å². The van der Waals surface area contributed by atoms with Crippen molar-refractivity contribution in [2.45, 2.75) is 79.6 Å². The maximum absolute atomic E-state index is 11.8. The maximum atomic E-state index is 11.8. The van der Waals surface area contributed by atoms with Gasteiger partial charge in [0.2, 0.25) is 0 Å². The summed E-state index contributed by atoms with van der Waals surface area (Å²) in [6, 6.07) is -0.0628. The molecule has 0 radical (unpaired) electrons. The number of hydroxylamine groups is 4. The topological polar surface area (TPSA) is 59.1 Å². The van der Waals surface area contributed by atoms with Crippen molar-refractivity contribution in [2.75, 3.05) is 0 Å². The monoisotopic (exact) mass is 288 g/mol. The van der Waals surface area contributed by atoms with Gasteiger partial charge in [0, 0.05) is 24.2 Å². The van der Waals surface area contributed by atoms with Gasteiger partial charge in [0.25, 0.3) is 0 Å². The Kier molecular flexibility index (Phi) is 7.75. The Labute approximate surface area is 121 Å². The van der Waals surface area contributed by atoms with Crippen molar-refractivity contribution < 1.29 is 19.3 Å². The lowest BCUT2D eigenvalue weighted by molar-refractivity contribution is -0.235. The molecule has 0 saturated heterocycles. The van der Waals surface area contributed by atoms with Crippen LogP contribution in [-0.4, -0.2) is 46.2 Å². The molecule has 0 spiro atoms. The van der Waals surface area contributed by atoms with Crippen molar-refractivity contribution in [3.05, 3.63) is 0 Å². The van der Waals surface area contributed by atoms with E-state index in [0.717, 1.165) is 0 Å².